The maximum absolute atomic E-state index is 9.07. The molecule has 0 saturated carbocycles. The molecule has 2 aromatic rings. The summed E-state index contributed by atoms with van der Waals surface area (Å²) in [5.74, 6) is 0.627. The molecule has 2 N–H and O–H groups in total. The third-order valence-corrected chi connectivity index (χ3v) is 3.98. The van der Waals surface area contributed by atoms with E-state index in [1.807, 2.05) is 18.4 Å². The Balaban J connectivity index is 2.44. The van der Waals surface area contributed by atoms with E-state index in [2.05, 4.69) is 15.3 Å². The number of nitrogens with one attached hydrogen (secondary N) is 1. The van der Waals surface area contributed by atoms with Gasteiger partial charge in [0.2, 0.25) is 5.95 Å². The molecular weight excluding hydrogens is 242 g/mol. The fraction of sp³-hybridized carbons (Fsp3) is 0.400. The number of hydrogen-bond acceptors (Lipinski definition) is 6. The van der Waals surface area contributed by atoms with E-state index in [0.717, 1.165) is 15.2 Å². The largest absolute Gasteiger partial charge is 0.395 e. The highest BCUT2D eigenvalue weighted by Crippen LogP contribution is 2.31. The number of aliphatic hydroxyl groups is 1. The number of aromatic nitrogens is 2. The lowest BCUT2D eigenvalue weighted by Crippen LogP contribution is -2.04. The predicted octanol–water partition coefficient (Wildman–Crippen LogP) is 2.21. The summed E-state index contributed by atoms with van der Waals surface area (Å²) >= 11 is 3.17. The molecule has 86 valence electrons. The van der Waals surface area contributed by atoms with Crippen molar-refractivity contribution >= 4 is 39.3 Å². The van der Waals surface area contributed by atoms with Crippen LogP contribution < -0.4 is 5.32 Å². The maximum Gasteiger partial charge on any atom is 0.224 e. The second-order valence-electron chi connectivity index (χ2n) is 3.35. The van der Waals surface area contributed by atoms with Crippen molar-refractivity contribution < 1.29 is 5.11 Å². The predicted molar refractivity (Wildman–Crippen MR) is 69.4 cm³/mol. The first-order valence-electron chi connectivity index (χ1n) is 4.95. The molecule has 0 aliphatic heterocycles. The van der Waals surface area contributed by atoms with Gasteiger partial charge in [0.15, 0.2) is 0 Å². The van der Waals surface area contributed by atoms with Crippen LogP contribution in [-0.2, 0) is 0 Å². The zero-order valence-electron chi connectivity index (χ0n) is 9.10. The van der Waals surface area contributed by atoms with E-state index >= 15 is 0 Å². The minimum Gasteiger partial charge on any atom is -0.395 e. The van der Waals surface area contributed by atoms with Crippen LogP contribution in [0.1, 0.15) is 6.92 Å². The van der Waals surface area contributed by atoms with Gasteiger partial charge in [0.05, 0.1) is 6.61 Å². The second kappa shape index (κ2) is 4.99. The summed E-state index contributed by atoms with van der Waals surface area (Å²) < 4.78 is 0. The topological polar surface area (TPSA) is 58.0 Å². The molecule has 1 unspecified atom stereocenters. The quantitative estimate of drug-likeness (QED) is 0.648. The maximum atomic E-state index is 9.07. The standard InChI is InChI=1S/C10H13N3OS2/c1-6(5-14)16-9-7-3-4-15-8(7)12-10(11-2)13-9/h3-4,6,14H,5H2,1-2H3,(H,11,12,13). The van der Waals surface area contributed by atoms with Crippen molar-refractivity contribution in [2.45, 2.75) is 17.2 Å². The van der Waals surface area contributed by atoms with E-state index in [-0.39, 0.29) is 11.9 Å². The van der Waals surface area contributed by atoms with Gasteiger partial charge in [-0.25, -0.2) is 9.97 Å². The fourth-order valence-electron chi connectivity index (χ4n) is 1.26. The Kier molecular flexibility index (Phi) is 3.63. The van der Waals surface area contributed by atoms with E-state index in [1.54, 1.807) is 30.1 Å². The lowest BCUT2D eigenvalue weighted by molar-refractivity contribution is 0.300. The molecule has 2 heterocycles. The number of fused-ring (bicyclic) bond motifs is 1. The van der Waals surface area contributed by atoms with Gasteiger partial charge in [-0.3, -0.25) is 0 Å². The Morgan fingerprint density at radius 2 is 2.38 bits per heavy atom. The number of hydrogen-bond donors (Lipinski definition) is 2. The van der Waals surface area contributed by atoms with Crippen LogP contribution in [0.4, 0.5) is 5.95 Å². The summed E-state index contributed by atoms with van der Waals surface area (Å²) in [6.07, 6.45) is 0. The molecular formula is C10H13N3OS2. The molecule has 0 aliphatic carbocycles. The van der Waals surface area contributed by atoms with E-state index < -0.39 is 0 Å². The first-order chi connectivity index (χ1) is 7.74. The molecule has 6 heteroatoms. The molecule has 0 bridgehead atoms. The van der Waals surface area contributed by atoms with E-state index in [0.29, 0.717) is 5.95 Å². The molecule has 0 amide bonds. The summed E-state index contributed by atoms with van der Waals surface area (Å²) in [5, 5.41) is 16.2. The van der Waals surface area contributed by atoms with Gasteiger partial charge < -0.3 is 10.4 Å². The summed E-state index contributed by atoms with van der Waals surface area (Å²) in [5.41, 5.74) is 0. The molecule has 0 fully saturated rings. The zero-order chi connectivity index (χ0) is 11.5. The van der Waals surface area contributed by atoms with Crippen LogP contribution in [0.5, 0.6) is 0 Å². The number of thioether (sulfide) groups is 1. The minimum absolute atomic E-state index is 0.141. The average molecular weight is 255 g/mol. The van der Waals surface area contributed by atoms with Crippen molar-refractivity contribution in [3.8, 4) is 0 Å². The van der Waals surface area contributed by atoms with Crippen molar-refractivity contribution in [1.82, 2.24) is 9.97 Å². The Morgan fingerprint density at radius 3 is 3.06 bits per heavy atom. The third-order valence-electron chi connectivity index (χ3n) is 2.08. The Morgan fingerprint density at radius 1 is 1.56 bits per heavy atom. The van der Waals surface area contributed by atoms with Gasteiger partial charge in [-0.2, -0.15) is 0 Å². The minimum atomic E-state index is 0.141. The number of anilines is 1. The highest BCUT2D eigenvalue weighted by Gasteiger charge is 2.11. The molecule has 1 atom stereocenters. The second-order valence-corrected chi connectivity index (χ2v) is 5.67. The normalized spacial score (nSPS) is 12.9. The molecule has 16 heavy (non-hydrogen) atoms. The highest BCUT2D eigenvalue weighted by atomic mass is 32.2. The van der Waals surface area contributed by atoms with Crippen molar-refractivity contribution in [2.75, 3.05) is 19.0 Å². The first-order valence-corrected chi connectivity index (χ1v) is 6.71. The molecule has 0 aliphatic rings. The van der Waals surface area contributed by atoms with Gasteiger partial charge in [-0.1, -0.05) is 6.92 Å². The van der Waals surface area contributed by atoms with Gasteiger partial charge in [0.1, 0.15) is 9.86 Å². The SMILES string of the molecule is CNc1nc(SC(C)CO)c2ccsc2n1. The van der Waals surface area contributed by atoms with Crippen molar-refractivity contribution in [3.63, 3.8) is 0 Å². The van der Waals surface area contributed by atoms with Crippen molar-refractivity contribution in [1.29, 1.82) is 0 Å². The van der Waals surface area contributed by atoms with Gasteiger partial charge in [0, 0.05) is 17.7 Å². The van der Waals surface area contributed by atoms with Crippen molar-refractivity contribution in [2.24, 2.45) is 0 Å². The number of thiophene rings is 1. The molecule has 2 rings (SSSR count). The molecule has 0 spiro atoms. The van der Waals surface area contributed by atoms with E-state index in [1.165, 1.54) is 0 Å². The monoisotopic (exact) mass is 255 g/mol. The molecule has 2 aromatic heterocycles. The number of nitrogens with zero attached hydrogens (tertiary/aromatic N) is 2. The van der Waals surface area contributed by atoms with Crippen LogP contribution >= 0.6 is 23.1 Å². The Hall–Kier alpha value is -0.850. The fourth-order valence-corrected chi connectivity index (χ4v) is 2.97. The Bertz CT molecular complexity index is 486. The van der Waals surface area contributed by atoms with E-state index in [9.17, 15) is 0 Å². The molecule has 0 aromatic carbocycles. The van der Waals surface area contributed by atoms with Crippen LogP contribution in [0.3, 0.4) is 0 Å². The number of aliphatic hydroxyl groups excluding tert-OH is 1. The first kappa shape index (κ1) is 11.6. The summed E-state index contributed by atoms with van der Waals surface area (Å²) in [6, 6.07) is 2.02. The molecule has 0 radical (unpaired) electrons. The van der Waals surface area contributed by atoms with Crippen LogP contribution in [0, 0.1) is 0 Å². The van der Waals surface area contributed by atoms with Gasteiger partial charge in [-0.15, -0.1) is 23.1 Å². The summed E-state index contributed by atoms with van der Waals surface area (Å²) in [6.45, 7) is 2.12. The van der Waals surface area contributed by atoms with Crippen LogP contribution in [0.2, 0.25) is 0 Å². The summed E-state index contributed by atoms with van der Waals surface area (Å²) in [7, 11) is 1.80. The van der Waals surface area contributed by atoms with Crippen LogP contribution in [0.15, 0.2) is 16.5 Å². The van der Waals surface area contributed by atoms with Crippen molar-refractivity contribution in [3.05, 3.63) is 11.4 Å². The Labute approximate surface area is 102 Å². The lowest BCUT2D eigenvalue weighted by atomic mass is 10.4. The van der Waals surface area contributed by atoms with Gasteiger partial charge in [-0.05, 0) is 11.4 Å². The van der Waals surface area contributed by atoms with Gasteiger partial charge >= 0.3 is 0 Å². The van der Waals surface area contributed by atoms with Crippen LogP contribution in [0.25, 0.3) is 10.2 Å². The van der Waals surface area contributed by atoms with Crippen LogP contribution in [-0.4, -0.2) is 34.0 Å². The lowest BCUT2D eigenvalue weighted by Gasteiger charge is -2.08. The van der Waals surface area contributed by atoms with E-state index in [4.69, 9.17) is 5.11 Å². The highest BCUT2D eigenvalue weighted by molar-refractivity contribution is 8.00. The third kappa shape index (κ3) is 2.28. The zero-order valence-corrected chi connectivity index (χ0v) is 10.7. The average Bonchev–Trinajstić information content (AvgIpc) is 2.76. The molecule has 4 nitrogen and oxygen atoms in total. The number of rotatable bonds is 4. The smallest absolute Gasteiger partial charge is 0.224 e. The summed E-state index contributed by atoms with van der Waals surface area (Å²) in [4.78, 5) is 9.76. The van der Waals surface area contributed by atoms with Gasteiger partial charge in [0.25, 0.3) is 0 Å². The molecule has 0 saturated heterocycles.